The first-order valence-electron chi connectivity index (χ1n) is 8.21. The molecule has 124 valence electrons. The fraction of sp³-hybridized carbons (Fsp3) is 0.300. The molecule has 3 rings (SSSR count). The summed E-state index contributed by atoms with van der Waals surface area (Å²) in [5.41, 5.74) is 2.38. The Balaban J connectivity index is 1.81. The van der Waals surface area contributed by atoms with Crippen LogP contribution in [0.25, 0.3) is 0 Å². The number of benzene rings is 2. The number of rotatable bonds is 3. The predicted octanol–water partition coefficient (Wildman–Crippen LogP) is 3.02. The maximum atomic E-state index is 12.9. The maximum Gasteiger partial charge on any atom is 0.253 e. The molecule has 0 aromatic heterocycles. The lowest BCUT2D eigenvalue weighted by Crippen LogP contribution is -2.49. The van der Waals surface area contributed by atoms with Crippen molar-refractivity contribution < 1.29 is 9.59 Å². The van der Waals surface area contributed by atoms with Crippen LogP contribution >= 0.6 is 0 Å². The third kappa shape index (κ3) is 3.39. The van der Waals surface area contributed by atoms with E-state index in [2.05, 4.69) is 24.1 Å². The molecule has 0 saturated carbocycles. The lowest BCUT2D eigenvalue weighted by atomic mass is 10.0. The molecule has 1 saturated heterocycles. The van der Waals surface area contributed by atoms with Crippen molar-refractivity contribution in [1.29, 1.82) is 0 Å². The predicted molar refractivity (Wildman–Crippen MR) is 94.2 cm³/mol. The molecule has 1 aliphatic heterocycles. The Hall–Kier alpha value is -2.46. The SMILES string of the molecule is CC(=O)c1cccc(C(=O)N2CCN(C)[C@H](c3ccccc3)C2)c1. The van der Waals surface area contributed by atoms with E-state index in [0.717, 1.165) is 6.54 Å². The standard InChI is InChI=1S/C20H22N2O2/c1-15(23)17-9-6-10-18(13-17)20(24)22-12-11-21(2)19(14-22)16-7-4-3-5-8-16/h3-10,13,19H,11-12,14H2,1-2H3/t19-/m0/s1. The summed E-state index contributed by atoms with van der Waals surface area (Å²) in [7, 11) is 2.09. The van der Waals surface area contributed by atoms with Gasteiger partial charge >= 0.3 is 0 Å². The largest absolute Gasteiger partial charge is 0.335 e. The van der Waals surface area contributed by atoms with Crippen molar-refractivity contribution in [2.45, 2.75) is 13.0 Å². The van der Waals surface area contributed by atoms with E-state index in [1.54, 1.807) is 24.3 Å². The van der Waals surface area contributed by atoms with Gasteiger partial charge in [0, 0.05) is 30.8 Å². The van der Waals surface area contributed by atoms with Gasteiger partial charge in [0.15, 0.2) is 5.78 Å². The van der Waals surface area contributed by atoms with Crippen molar-refractivity contribution in [3.8, 4) is 0 Å². The lowest BCUT2D eigenvalue weighted by molar-refractivity contribution is 0.0546. The molecular weight excluding hydrogens is 300 g/mol. The summed E-state index contributed by atoms with van der Waals surface area (Å²) >= 11 is 0. The maximum absolute atomic E-state index is 12.9. The highest BCUT2D eigenvalue weighted by atomic mass is 16.2. The molecule has 2 aromatic rings. The smallest absolute Gasteiger partial charge is 0.253 e. The monoisotopic (exact) mass is 322 g/mol. The third-order valence-corrected chi connectivity index (χ3v) is 4.64. The minimum Gasteiger partial charge on any atom is -0.335 e. The van der Waals surface area contributed by atoms with Gasteiger partial charge in [-0.2, -0.15) is 0 Å². The Morgan fingerprint density at radius 1 is 0.958 bits per heavy atom. The van der Waals surface area contributed by atoms with E-state index in [1.165, 1.54) is 12.5 Å². The minimum atomic E-state index is -0.0230. The lowest BCUT2D eigenvalue weighted by Gasteiger charge is -2.39. The molecule has 1 aliphatic rings. The first-order valence-corrected chi connectivity index (χ1v) is 8.21. The third-order valence-electron chi connectivity index (χ3n) is 4.64. The number of carbonyl (C=O) groups excluding carboxylic acids is 2. The summed E-state index contributed by atoms with van der Waals surface area (Å²) in [4.78, 5) is 28.6. The molecular formula is C20H22N2O2. The van der Waals surface area contributed by atoms with Crippen LogP contribution in [0.1, 0.15) is 39.2 Å². The van der Waals surface area contributed by atoms with Gasteiger partial charge in [-0.1, -0.05) is 42.5 Å². The zero-order valence-electron chi connectivity index (χ0n) is 14.1. The Bertz CT molecular complexity index is 742. The molecule has 1 amide bonds. The second-order valence-corrected chi connectivity index (χ2v) is 6.30. The van der Waals surface area contributed by atoms with Crippen molar-refractivity contribution in [3.63, 3.8) is 0 Å². The number of hydrogen-bond acceptors (Lipinski definition) is 3. The van der Waals surface area contributed by atoms with Gasteiger partial charge in [-0.15, -0.1) is 0 Å². The average Bonchev–Trinajstić information content (AvgIpc) is 2.62. The Labute approximate surface area is 142 Å². The Kier molecular flexibility index (Phi) is 4.76. The summed E-state index contributed by atoms with van der Waals surface area (Å²) in [6, 6.07) is 17.5. The highest BCUT2D eigenvalue weighted by molar-refractivity contribution is 5.99. The van der Waals surface area contributed by atoms with Crippen LogP contribution in [-0.4, -0.2) is 48.2 Å². The fourth-order valence-corrected chi connectivity index (χ4v) is 3.15. The summed E-state index contributed by atoms with van der Waals surface area (Å²) in [6.07, 6.45) is 0. The molecule has 4 heteroatoms. The van der Waals surface area contributed by atoms with Gasteiger partial charge in [-0.05, 0) is 31.7 Å². The molecule has 0 N–H and O–H groups in total. The van der Waals surface area contributed by atoms with Gasteiger partial charge < -0.3 is 4.90 Å². The first kappa shape index (κ1) is 16.4. The van der Waals surface area contributed by atoms with Gasteiger partial charge in [0.2, 0.25) is 0 Å². The molecule has 1 heterocycles. The van der Waals surface area contributed by atoms with Crippen LogP contribution in [0.2, 0.25) is 0 Å². The zero-order chi connectivity index (χ0) is 17.1. The zero-order valence-corrected chi connectivity index (χ0v) is 14.1. The van der Waals surface area contributed by atoms with Crippen LogP contribution in [0, 0.1) is 0 Å². The van der Waals surface area contributed by atoms with E-state index >= 15 is 0 Å². The summed E-state index contributed by atoms with van der Waals surface area (Å²) in [5, 5.41) is 0. The van der Waals surface area contributed by atoms with Gasteiger partial charge in [-0.25, -0.2) is 0 Å². The number of carbonyl (C=O) groups is 2. The van der Waals surface area contributed by atoms with E-state index in [0.29, 0.717) is 24.2 Å². The van der Waals surface area contributed by atoms with E-state index in [-0.39, 0.29) is 17.7 Å². The Morgan fingerprint density at radius 3 is 2.38 bits per heavy atom. The van der Waals surface area contributed by atoms with E-state index < -0.39 is 0 Å². The van der Waals surface area contributed by atoms with E-state index in [9.17, 15) is 9.59 Å². The fourth-order valence-electron chi connectivity index (χ4n) is 3.15. The van der Waals surface area contributed by atoms with Crippen LogP contribution in [0.4, 0.5) is 0 Å². The minimum absolute atomic E-state index is 0.00729. The first-order chi connectivity index (χ1) is 11.6. The number of ketones is 1. The van der Waals surface area contributed by atoms with E-state index in [1.807, 2.05) is 23.1 Å². The van der Waals surface area contributed by atoms with Crippen molar-refractivity contribution in [2.75, 3.05) is 26.7 Å². The van der Waals surface area contributed by atoms with Crippen molar-refractivity contribution >= 4 is 11.7 Å². The van der Waals surface area contributed by atoms with Crippen LogP contribution < -0.4 is 0 Å². The van der Waals surface area contributed by atoms with Crippen molar-refractivity contribution in [2.24, 2.45) is 0 Å². The average molecular weight is 322 g/mol. The number of amides is 1. The molecule has 1 fully saturated rings. The molecule has 0 bridgehead atoms. The summed E-state index contributed by atoms with van der Waals surface area (Å²) in [6.45, 7) is 3.70. The number of piperazine rings is 1. The second kappa shape index (κ2) is 6.97. The molecule has 0 unspecified atom stereocenters. The highest BCUT2D eigenvalue weighted by Gasteiger charge is 2.28. The number of likely N-dealkylation sites (N-methyl/N-ethyl adjacent to an activating group) is 1. The molecule has 24 heavy (non-hydrogen) atoms. The molecule has 1 atom stereocenters. The quantitative estimate of drug-likeness (QED) is 0.816. The van der Waals surface area contributed by atoms with Crippen molar-refractivity contribution in [1.82, 2.24) is 9.80 Å². The van der Waals surface area contributed by atoms with Crippen LogP contribution in [0.5, 0.6) is 0 Å². The highest BCUT2D eigenvalue weighted by Crippen LogP contribution is 2.25. The van der Waals surface area contributed by atoms with Crippen LogP contribution in [0.15, 0.2) is 54.6 Å². The van der Waals surface area contributed by atoms with Gasteiger partial charge in [0.05, 0.1) is 6.04 Å². The normalized spacial score (nSPS) is 18.4. The number of hydrogen-bond donors (Lipinski definition) is 0. The van der Waals surface area contributed by atoms with Crippen molar-refractivity contribution in [3.05, 3.63) is 71.3 Å². The second-order valence-electron chi connectivity index (χ2n) is 6.30. The molecule has 0 aliphatic carbocycles. The summed E-state index contributed by atoms with van der Waals surface area (Å²) in [5.74, 6) is -0.0303. The molecule has 4 nitrogen and oxygen atoms in total. The summed E-state index contributed by atoms with van der Waals surface area (Å²) < 4.78 is 0. The number of nitrogens with zero attached hydrogens (tertiary/aromatic N) is 2. The van der Waals surface area contributed by atoms with Crippen LogP contribution in [-0.2, 0) is 0 Å². The van der Waals surface area contributed by atoms with Crippen LogP contribution in [0.3, 0.4) is 0 Å². The Morgan fingerprint density at radius 2 is 1.67 bits per heavy atom. The molecule has 0 spiro atoms. The van der Waals surface area contributed by atoms with Gasteiger partial charge in [-0.3, -0.25) is 14.5 Å². The van der Waals surface area contributed by atoms with Gasteiger partial charge in [0.25, 0.3) is 5.91 Å². The topological polar surface area (TPSA) is 40.6 Å². The van der Waals surface area contributed by atoms with E-state index in [4.69, 9.17) is 0 Å². The molecule has 2 aromatic carbocycles. The molecule has 0 radical (unpaired) electrons. The van der Waals surface area contributed by atoms with Gasteiger partial charge in [0.1, 0.15) is 0 Å². The number of Topliss-reactive ketones (excluding diaryl/α,β-unsaturated/α-hetero) is 1.